The first-order valence-corrected chi connectivity index (χ1v) is 11.8. The third-order valence-corrected chi connectivity index (χ3v) is 6.35. The van der Waals surface area contributed by atoms with E-state index in [1.54, 1.807) is 12.1 Å². The first-order valence-electron chi connectivity index (χ1n) is 11.8. The SMILES string of the molecule is NC(=O)C1CCN(c2ccc(NC(=O)CC(NC(=O)c3ccccc3)c3ccccc3)cc2)CC1. The van der Waals surface area contributed by atoms with E-state index in [2.05, 4.69) is 15.5 Å². The van der Waals surface area contributed by atoms with Crippen LogP contribution < -0.4 is 21.3 Å². The summed E-state index contributed by atoms with van der Waals surface area (Å²) >= 11 is 0. The summed E-state index contributed by atoms with van der Waals surface area (Å²) in [6.07, 6.45) is 1.61. The molecule has 3 aromatic carbocycles. The number of carbonyl (C=O) groups excluding carboxylic acids is 3. The molecule has 7 nitrogen and oxygen atoms in total. The van der Waals surface area contributed by atoms with Gasteiger partial charge in [0.1, 0.15) is 0 Å². The number of rotatable bonds is 8. The molecule has 0 aromatic heterocycles. The Morgan fingerprint density at radius 2 is 1.46 bits per heavy atom. The second-order valence-electron chi connectivity index (χ2n) is 8.77. The number of amides is 3. The van der Waals surface area contributed by atoms with E-state index in [0.29, 0.717) is 11.3 Å². The minimum Gasteiger partial charge on any atom is -0.371 e. The highest BCUT2D eigenvalue weighted by atomic mass is 16.2. The van der Waals surface area contributed by atoms with Gasteiger partial charge >= 0.3 is 0 Å². The van der Waals surface area contributed by atoms with E-state index in [9.17, 15) is 14.4 Å². The van der Waals surface area contributed by atoms with E-state index in [1.165, 1.54) is 0 Å². The number of nitrogens with two attached hydrogens (primary N) is 1. The minimum absolute atomic E-state index is 0.0512. The van der Waals surface area contributed by atoms with Crippen LogP contribution in [0.3, 0.4) is 0 Å². The molecule has 1 atom stereocenters. The molecular formula is C28H30N4O3. The van der Waals surface area contributed by atoms with Crippen LogP contribution >= 0.6 is 0 Å². The highest BCUT2D eigenvalue weighted by Gasteiger charge is 2.23. The first kappa shape index (κ1) is 24.0. The molecule has 1 aliphatic heterocycles. The average molecular weight is 471 g/mol. The van der Waals surface area contributed by atoms with Crippen molar-refractivity contribution in [2.24, 2.45) is 11.7 Å². The monoisotopic (exact) mass is 470 g/mol. The van der Waals surface area contributed by atoms with Gasteiger partial charge in [-0.3, -0.25) is 14.4 Å². The Kier molecular flexibility index (Phi) is 7.77. The van der Waals surface area contributed by atoms with Crippen molar-refractivity contribution in [3.8, 4) is 0 Å². The molecule has 0 bridgehead atoms. The Labute approximate surface area is 205 Å². The smallest absolute Gasteiger partial charge is 0.251 e. The Balaban J connectivity index is 1.37. The Morgan fingerprint density at radius 1 is 0.857 bits per heavy atom. The zero-order valence-electron chi connectivity index (χ0n) is 19.5. The summed E-state index contributed by atoms with van der Waals surface area (Å²) in [5.41, 5.74) is 8.56. The summed E-state index contributed by atoms with van der Waals surface area (Å²) in [6.45, 7) is 1.55. The van der Waals surface area contributed by atoms with E-state index >= 15 is 0 Å². The van der Waals surface area contributed by atoms with Gasteiger partial charge in [0.25, 0.3) is 5.91 Å². The van der Waals surface area contributed by atoms with Gasteiger partial charge in [-0.15, -0.1) is 0 Å². The summed E-state index contributed by atoms with van der Waals surface area (Å²) in [5.74, 6) is -0.694. The molecule has 1 heterocycles. The maximum absolute atomic E-state index is 12.9. The summed E-state index contributed by atoms with van der Waals surface area (Å²) in [5, 5.41) is 5.93. The standard InChI is InChI=1S/C28H30N4O3/c29-27(34)21-15-17-32(18-16-21)24-13-11-23(12-14-24)30-26(33)19-25(20-7-3-1-4-8-20)31-28(35)22-9-5-2-6-10-22/h1-14,21,25H,15-19H2,(H2,29,34)(H,30,33)(H,31,35). The highest BCUT2D eigenvalue weighted by Crippen LogP contribution is 2.25. The van der Waals surface area contributed by atoms with Crippen LogP contribution in [0.4, 0.5) is 11.4 Å². The summed E-state index contributed by atoms with van der Waals surface area (Å²) in [6, 6.07) is 25.6. The number of hydrogen-bond donors (Lipinski definition) is 3. The average Bonchev–Trinajstić information content (AvgIpc) is 2.90. The van der Waals surface area contributed by atoms with Crippen LogP contribution in [-0.4, -0.2) is 30.8 Å². The minimum atomic E-state index is -0.463. The zero-order valence-corrected chi connectivity index (χ0v) is 19.5. The zero-order chi connectivity index (χ0) is 24.6. The van der Waals surface area contributed by atoms with Gasteiger partial charge in [-0.25, -0.2) is 0 Å². The molecule has 1 aliphatic rings. The van der Waals surface area contributed by atoms with Crippen molar-refractivity contribution in [2.45, 2.75) is 25.3 Å². The molecule has 0 spiro atoms. The van der Waals surface area contributed by atoms with Crippen molar-refractivity contribution in [1.82, 2.24) is 5.32 Å². The second kappa shape index (κ2) is 11.3. The quantitative estimate of drug-likeness (QED) is 0.465. The normalized spacial score (nSPS) is 14.7. The van der Waals surface area contributed by atoms with Crippen LogP contribution in [0.2, 0.25) is 0 Å². The Morgan fingerprint density at radius 3 is 2.06 bits per heavy atom. The Bertz CT molecular complexity index is 1140. The first-order chi connectivity index (χ1) is 17.0. The van der Waals surface area contributed by atoms with Gasteiger partial charge in [0.05, 0.1) is 12.5 Å². The van der Waals surface area contributed by atoms with Crippen LogP contribution in [-0.2, 0) is 9.59 Å². The molecule has 1 saturated heterocycles. The lowest BCUT2D eigenvalue weighted by Crippen LogP contribution is -2.38. The molecule has 1 unspecified atom stereocenters. The van der Waals surface area contributed by atoms with Crippen molar-refractivity contribution in [3.05, 3.63) is 96.1 Å². The van der Waals surface area contributed by atoms with Gasteiger partial charge in [0, 0.05) is 35.9 Å². The molecule has 180 valence electrons. The lowest BCUT2D eigenvalue weighted by Gasteiger charge is -2.32. The third kappa shape index (κ3) is 6.47. The number of nitrogens with zero attached hydrogens (tertiary/aromatic N) is 1. The Hall–Kier alpha value is -4.13. The van der Waals surface area contributed by atoms with Gasteiger partial charge in [-0.2, -0.15) is 0 Å². The highest BCUT2D eigenvalue weighted by molar-refractivity contribution is 5.96. The predicted octanol–water partition coefficient (Wildman–Crippen LogP) is 3.89. The molecule has 35 heavy (non-hydrogen) atoms. The van der Waals surface area contributed by atoms with Crippen molar-refractivity contribution >= 4 is 29.1 Å². The fourth-order valence-corrected chi connectivity index (χ4v) is 4.34. The van der Waals surface area contributed by atoms with E-state index < -0.39 is 6.04 Å². The molecule has 3 aromatic rings. The number of benzene rings is 3. The van der Waals surface area contributed by atoms with Gasteiger partial charge in [0.2, 0.25) is 11.8 Å². The predicted molar refractivity (Wildman–Crippen MR) is 137 cm³/mol. The number of piperidine rings is 1. The number of primary amides is 1. The molecule has 4 rings (SSSR count). The summed E-state index contributed by atoms with van der Waals surface area (Å²) < 4.78 is 0. The maximum atomic E-state index is 12.9. The van der Waals surface area contributed by atoms with E-state index in [0.717, 1.165) is 37.2 Å². The number of nitrogens with one attached hydrogen (secondary N) is 2. The van der Waals surface area contributed by atoms with Crippen LogP contribution in [0, 0.1) is 5.92 Å². The van der Waals surface area contributed by atoms with E-state index in [1.807, 2.05) is 72.8 Å². The molecule has 4 N–H and O–H groups in total. The summed E-state index contributed by atoms with van der Waals surface area (Å²) in [7, 11) is 0. The molecular weight excluding hydrogens is 440 g/mol. The van der Waals surface area contributed by atoms with Gasteiger partial charge in [-0.1, -0.05) is 48.5 Å². The van der Waals surface area contributed by atoms with E-state index in [4.69, 9.17) is 5.73 Å². The van der Waals surface area contributed by atoms with Crippen LogP contribution in [0.1, 0.15) is 41.2 Å². The van der Waals surface area contributed by atoms with Crippen LogP contribution in [0.15, 0.2) is 84.9 Å². The fraction of sp³-hybridized carbons (Fsp3) is 0.250. The van der Waals surface area contributed by atoms with E-state index in [-0.39, 0.29) is 30.1 Å². The van der Waals surface area contributed by atoms with Crippen molar-refractivity contribution in [3.63, 3.8) is 0 Å². The molecule has 0 radical (unpaired) electrons. The molecule has 0 saturated carbocycles. The fourth-order valence-electron chi connectivity index (χ4n) is 4.34. The van der Waals surface area contributed by atoms with Crippen molar-refractivity contribution < 1.29 is 14.4 Å². The van der Waals surface area contributed by atoms with Gasteiger partial charge in [0.15, 0.2) is 0 Å². The summed E-state index contributed by atoms with van der Waals surface area (Å²) in [4.78, 5) is 39.2. The molecule has 3 amide bonds. The third-order valence-electron chi connectivity index (χ3n) is 6.35. The number of carbonyl (C=O) groups is 3. The number of hydrogen-bond acceptors (Lipinski definition) is 4. The molecule has 1 fully saturated rings. The topological polar surface area (TPSA) is 105 Å². The van der Waals surface area contributed by atoms with Crippen molar-refractivity contribution in [2.75, 3.05) is 23.3 Å². The van der Waals surface area contributed by atoms with Gasteiger partial charge in [-0.05, 0) is 54.8 Å². The second-order valence-corrected chi connectivity index (χ2v) is 8.77. The van der Waals surface area contributed by atoms with Crippen LogP contribution in [0.25, 0.3) is 0 Å². The lowest BCUT2D eigenvalue weighted by atomic mass is 9.96. The lowest BCUT2D eigenvalue weighted by molar-refractivity contribution is -0.122. The van der Waals surface area contributed by atoms with Crippen LogP contribution in [0.5, 0.6) is 0 Å². The largest absolute Gasteiger partial charge is 0.371 e. The van der Waals surface area contributed by atoms with Crippen molar-refractivity contribution in [1.29, 1.82) is 0 Å². The number of anilines is 2. The maximum Gasteiger partial charge on any atom is 0.251 e. The molecule has 0 aliphatic carbocycles. The van der Waals surface area contributed by atoms with Gasteiger partial charge < -0.3 is 21.3 Å². The molecule has 7 heteroatoms.